The van der Waals surface area contributed by atoms with E-state index in [0.29, 0.717) is 5.56 Å². The van der Waals surface area contributed by atoms with Crippen molar-refractivity contribution in [3.63, 3.8) is 0 Å². The number of carbonyl (C=O) groups is 6. The molecule has 13 heteroatoms. The Morgan fingerprint density at radius 3 is 1.57 bits per heavy atom. The van der Waals surface area contributed by atoms with E-state index in [1.165, 1.54) is 6.92 Å². The van der Waals surface area contributed by atoms with Gasteiger partial charge in [0.05, 0.1) is 6.04 Å². The predicted octanol–water partition coefficient (Wildman–Crippen LogP) is -1.16. The predicted molar refractivity (Wildman–Crippen MR) is 121 cm³/mol. The van der Waals surface area contributed by atoms with Gasteiger partial charge < -0.3 is 37.0 Å². The molecule has 0 radical (unpaired) electrons. The normalized spacial score (nSPS) is 14.0. The largest absolute Gasteiger partial charge is 0.481 e. The molecule has 0 aliphatic heterocycles. The molecule has 13 nitrogen and oxygen atoms in total. The lowest BCUT2D eigenvalue weighted by Crippen LogP contribution is -2.57. The fourth-order valence-corrected chi connectivity index (χ4v) is 2.97. The summed E-state index contributed by atoms with van der Waals surface area (Å²) in [6.45, 7) is 1.35. The van der Waals surface area contributed by atoms with Gasteiger partial charge in [-0.15, -0.1) is 0 Å². The average molecular weight is 495 g/mol. The second-order valence-electron chi connectivity index (χ2n) is 7.86. The maximum Gasteiger partial charge on any atom is 0.326 e. The van der Waals surface area contributed by atoms with Crippen LogP contribution in [0.5, 0.6) is 0 Å². The molecule has 35 heavy (non-hydrogen) atoms. The Morgan fingerprint density at radius 2 is 1.17 bits per heavy atom. The highest BCUT2D eigenvalue weighted by Gasteiger charge is 2.30. The summed E-state index contributed by atoms with van der Waals surface area (Å²) in [5, 5.41) is 34.3. The quantitative estimate of drug-likeness (QED) is 0.155. The Balaban J connectivity index is 3.03. The van der Waals surface area contributed by atoms with Crippen LogP contribution in [-0.4, -0.2) is 75.1 Å². The molecular weight excluding hydrogens is 464 g/mol. The Morgan fingerprint density at radius 1 is 0.743 bits per heavy atom. The second kappa shape index (κ2) is 14.3. The third-order valence-electron chi connectivity index (χ3n) is 4.87. The third kappa shape index (κ3) is 11.1. The molecule has 0 bridgehead atoms. The van der Waals surface area contributed by atoms with Gasteiger partial charge >= 0.3 is 17.9 Å². The van der Waals surface area contributed by atoms with Crippen molar-refractivity contribution in [3.05, 3.63) is 35.9 Å². The van der Waals surface area contributed by atoms with Crippen LogP contribution in [0, 0.1) is 0 Å². The third-order valence-corrected chi connectivity index (χ3v) is 4.87. The molecule has 0 saturated heterocycles. The fraction of sp³-hybridized carbons (Fsp3) is 0.455. The van der Waals surface area contributed by atoms with Crippen molar-refractivity contribution in [1.29, 1.82) is 0 Å². The number of nitrogens with two attached hydrogens (primary N) is 1. The summed E-state index contributed by atoms with van der Waals surface area (Å²) < 4.78 is 0. The number of nitrogens with one attached hydrogen (secondary N) is 3. The van der Waals surface area contributed by atoms with Crippen LogP contribution < -0.4 is 21.7 Å². The maximum atomic E-state index is 12.8. The first-order valence-electron chi connectivity index (χ1n) is 10.8. The minimum atomic E-state index is -1.46. The molecule has 0 heterocycles. The van der Waals surface area contributed by atoms with Crippen LogP contribution in [0.1, 0.15) is 38.2 Å². The molecule has 0 spiro atoms. The van der Waals surface area contributed by atoms with E-state index in [1.807, 2.05) is 0 Å². The van der Waals surface area contributed by atoms with E-state index in [9.17, 15) is 33.9 Å². The van der Waals surface area contributed by atoms with Crippen molar-refractivity contribution in [1.82, 2.24) is 16.0 Å². The second-order valence-corrected chi connectivity index (χ2v) is 7.86. The summed E-state index contributed by atoms with van der Waals surface area (Å²) in [7, 11) is 0. The number of carbonyl (C=O) groups excluding carboxylic acids is 3. The summed E-state index contributed by atoms with van der Waals surface area (Å²) >= 11 is 0. The lowest BCUT2D eigenvalue weighted by atomic mass is 10.0. The van der Waals surface area contributed by atoms with Crippen molar-refractivity contribution >= 4 is 35.6 Å². The van der Waals surface area contributed by atoms with Crippen molar-refractivity contribution < 1.29 is 44.1 Å². The van der Waals surface area contributed by atoms with E-state index >= 15 is 0 Å². The highest BCUT2D eigenvalue weighted by Crippen LogP contribution is 2.07. The molecule has 8 N–H and O–H groups in total. The van der Waals surface area contributed by atoms with Gasteiger partial charge in [-0.1, -0.05) is 30.3 Å². The van der Waals surface area contributed by atoms with Gasteiger partial charge in [0.2, 0.25) is 17.7 Å². The SMILES string of the molecule is CC(N)C(=O)NC(CCC(=O)O)C(=O)NC(CCC(=O)O)C(=O)NC(Cc1ccccc1)C(=O)O. The van der Waals surface area contributed by atoms with E-state index in [0.717, 1.165) is 0 Å². The Kier molecular flexibility index (Phi) is 11.9. The van der Waals surface area contributed by atoms with Gasteiger partial charge in [-0.05, 0) is 25.3 Å². The average Bonchev–Trinajstić information content (AvgIpc) is 2.78. The molecule has 0 aliphatic rings. The molecule has 0 fully saturated rings. The fourth-order valence-electron chi connectivity index (χ4n) is 2.97. The maximum absolute atomic E-state index is 12.8. The first kappa shape index (κ1) is 29.0. The van der Waals surface area contributed by atoms with E-state index in [2.05, 4.69) is 16.0 Å². The molecule has 4 atom stereocenters. The number of amides is 3. The van der Waals surface area contributed by atoms with Gasteiger partial charge in [0.25, 0.3) is 0 Å². The van der Waals surface area contributed by atoms with Crippen molar-refractivity contribution in [2.45, 2.75) is 63.2 Å². The monoisotopic (exact) mass is 494 g/mol. The highest BCUT2D eigenvalue weighted by atomic mass is 16.4. The van der Waals surface area contributed by atoms with Crippen LogP contribution in [0.2, 0.25) is 0 Å². The molecule has 1 aromatic rings. The molecule has 0 aliphatic carbocycles. The van der Waals surface area contributed by atoms with Crippen LogP contribution in [0.25, 0.3) is 0 Å². The number of aliphatic carboxylic acids is 3. The molecule has 1 rings (SSSR count). The van der Waals surface area contributed by atoms with Crippen LogP contribution >= 0.6 is 0 Å². The number of hydrogen-bond acceptors (Lipinski definition) is 7. The topological polar surface area (TPSA) is 225 Å². The summed E-state index contributed by atoms with van der Waals surface area (Å²) in [5.74, 6) is -6.46. The Labute approximate surface area is 201 Å². The van der Waals surface area contributed by atoms with Gasteiger partial charge in [-0.25, -0.2) is 4.79 Å². The number of carboxylic acid groups (broad SMARTS) is 3. The van der Waals surface area contributed by atoms with Gasteiger partial charge in [0.15, 0.2) is 0 Å². The van der Waals surface area contributed by atoms with E-state index in [4.69, 9.17) is 15.9 Å². The van der Waals surface area contributed by atoms with E-state index < -0.39 is 72.6 Å². The van der Waals surface area contributed by atoms with Crippen molar-refractivity contribution in [2.24, 2.45) is 5.73 Å². The van der Waals surface area contributed by atoms with Crippen LogP contribution in [0.3, 0.4) is 0 Å². The number of hydrogen-bond donors (Lipinski definition) is 7. The molecule has 4 unspecified atom stereocenters. The first-order chi connectivity index (χ1) is 16.4. The van der Waals surface area contributed by atoms with E-state index in [1.54, 1.807) is 30.3 Å². The van der Waals surface area contributed by atoms with E-state index in [-0.39, 0.29) is 19.3 Å². The molecule has 3 amide bonds. The van der Waals surface area contributed by atoms with Crippen molar-refractivity contribution in [2.75, 3.05) is 0 Å². The number of benzene rings is 1. The molecule has 1 aromatic carbocycles. The van der Waals surface area contributed by atoms with Gasteiger partial charge in [-0.2, -0.15) is 0 Å². The van der Waals surface area contributed by atoms with Crippen molar-refractivity contribution in [3.8, 4) is 0 Å². The summed E-state index contributed by atoms with van der Waals surface area (Å²) in [5.41, 5.74) is 6.10. The van der Waals surface area contributed by atoms with Crippen LogP contribution in [0.4, 0.5) is 0 Å². The highest BCUT2D eigenvalue weighted by molar-refractivity contribution is 5.94. The summed E-state index contributed by atoms with van der Waals surface area (Å²) in [6, 6.07) is 3.25. The van der Waals surface area contributed by atoms with Crippen LogP contribution in [-0.2, 0) is 35.2 Å². The Bertz CT molecular complexity index is 921. The summed E-state index contributed by atoms with van der Waals surface area (Å²) in [4.78, 5) is 71.2. The van der Waals surface area contributed by atoms with Gasteiger partial charge in [0, 0.05) is 19.3 Å². The van der Waals surface area contributed by atoms with Gasteiger partial charge in [0.1, 0.15) is 18.1 Å². The minimum Gasteiger partial charge on any atom is -0.481 e. The molecule has 0 aromatic heterocycles. The first-order valence-corrected chi connectivity index (χ1v) is 10.8. The van der Waals surface area contributed by atoms with Crippen LogP contribution in [0.15, 0.2) is 30.3 Å². The number of carboxylic acids is 3. The lowest BCUT2D eigenvalue weighted by molar-refractivity contribution is -0.143. The lowest BCUT2D eigenvalue weighted by Gasteiger charge is -2.24. The zero-order chi connectivity index (χ0) is 26.5. The minimum absolute atomic E-state index is 0.0623. The zero-order valence-corrected chi connectivity index (χ0v) is 19.1. The molecule has 0 saturated carbocycles. The number of rotatable bonds is 15. The smallest absolute Gasteiger partial charge is 0.326 e. The zero-order valence-electron chi connectivity index (χ0n) is 19.1. The molecule has 192 valence electrons. The summed E-state index contributed by atoms with van der Waals surface area (Å²) in [6.07, 6.45) is -1.77. The Hall–Kier alpha value is -4.00. The standard InChI is InChI=1S/C22H30N4O9/c1-12(23)19(31)24-14(7-9-17(27)28)20(32)25-15(8-10-18(29)30)21(33)26-16(22(34)35)11-13-5-3-2-4-6-13/h2-6,12,14-16H,7-11,23H2,1H3,(H,24,31)(H,25,32)(H,26,33)(H,27,28)(H,29,30)(H,34,35). The molecular formula is C22H30N4O9. The van der Waals surface area contributed by atoms with Gasteiger partial charge in [-0.3, -0.25) is 24.0 Å².